The fourth-order valence-electron chi connectivity index (χ4n) is 3.12. The SMILES string of the molecule is Cc1csc(CC(NN)C2CC3CCC2O3)n1. The van der Waals surface area contributed by atoms with E-state index in [1.54, 1.807) is 11.3 Å². The third-order valence-electron chi connectivity index (χ3n) is 3.95. The predicted molar refractivity (Wildman–Crippen MR) is 67.7 cm³/mol. The third-order valence-corrected chi connectivity index (χ3v) is 4.93. The molecule has 0 aliphatic carbocycles. The molecular formula is C12H19N3OS. The zero-order chi connectivity index (χ0) is 11.8. The van der Waals surface area contributed by atoms with Gasteiger partial charge in [-0.25, -0.2) is 4.98 Å². The Bertz CT molecular complexity index is 395. The average Bonchev–Trinajstić information content (AvgIpc) is 3.01. The van der Waals surface area contributed by atoms with Gasteiger partial charge in [-0.15, -0.1) is 11.3 Å². The van der Waals surface area contributed by atoms with Crippen molar-refractivity contribution in [2.45, 2.75) is 50.9 Å². The number of nitrogens with one attached hydrogen (secondary N) is 1. The maximum Gasteiger partial charge on any atom is 0.0944 e. The smallest absolute Gasteiger partial charge is 0.0944 e. The Morgan fingerprint density at radius 2 is 2.53 bits per heavy atom. The monoisotopic (exact) mass is 253 g/mol. The van der Waals surface area contributed by atoms with Crippen molar-refractivity contribution < 1.29 is 4.74 Å². The highest BCUT2D eigenvalue weighted by molar-refractivity contribution is 7.09. The number of rotatable bonds is 4. The lowest BCUT2D eigenvalue weighted by atomic mass is 9.83. The van der Waals surface area contributed by atoms with Crippen molar-refractivity contribution in [3.05, 3.63) is 16.1 Å². The molecule has 17 heavy (non-hydrogen) atoms. The minimum absolute atomic E-state index is 0.302. The van der Waals surface area contributed by atoms with E-state index in [0.29, 0.717) is 24.2 Å². The van der Waals surface area contributed by atoms with E-state index in [1.807, 2.05) is 6.92 Å². The van der Waals surface area contributed by atoms with E-state index < -0.39 is 0 Å². The average molecular weight is 253 g/mol. The number of thiazole rings is 1. The van der Waals surface area contributed by atoms with Crippen molar-refractivity contribution >= 4 is 11.3 Å². The van der Waals surface area contributed by atoms with Crippen LogP contribution < -0.4 is 11.3 Å². The van der Waals surface area contributed by atoms with Gasteiger partial charge in [0.25, 0.3) is 0 Å². The molecule has 0 spiro atoms. The lowest BCUT2D eigenvalue weighted by molar-refractivity contribution is 0.0857. The molecule has 3 heterocycles. The van der Waals surface area contributed by atoms with Crippen molar-refractivity contribution in [3.63, 3.8) is 0 Å². The molecule has 2 aliphatic rings. The number of ether oxygens (including phenoxy) is 1. The summed E-state index contributed by atoms with van der Waals surface area (Å²) >= 11 is 1.72. The first kappa shape index (κ1) is 11.6. The summed E-state index contributed by atoms with van der Waals surface area (Å²) in [6.07, 6.45) is 5.41. The number of hydrogen-bond acceptors (Lipinski definition) is 5. The molecule has 3 N–H and O–H groups in total. The van der Waals surface area contributed by atoms with Gasteiger partial charge in [0, 0.05) is 29.5 Å². The molecule has 4 atom stereocenters. The summed E-state index contributed by atoms with van der Waals surface area (Å²) in [6, 6.07) is 0.302. The van der Waals surface area contributed by atoms with Crippen LogP contribution in [0.2, 0.25) is 0 Å². The van der Waals surface area contributed by atoms with Gasteiger partial charge in [-0.2, -0.15) is 0 Å². The zero-order valence-electron chi connectivity index (χ0n) is 10.1. The molecule has 2 saturated heterocycles. The van der Waals surface area contributed by atoms with Crippen molar-refractivity contribution in [3.8, 4) is 0 Å². The van der Waals surface area contributed by atoms with Crippen molar-refractivity contribution in [1.29, 1.82) is 0 Å². The van der Waals surface area contributed by atoms with Gasteiger partial charge in [0.2, 0.25) is 0 Å². The highest BCUT2D eigenvalue weighted by Crippen LogP contribution is 2.40. The van der Waals surface area contributed by atoms with Gasteiger partial charge >= 0.3 is 0 Å². The van der Waals surface area contributed by atoms with Gasteiger partial charge in [0.1, 0.15) is 0 Å². The van der Waals surface area contributed by atoms with Crippen LogP contribution in [0.25, 0.3) is 0 Å². The first-order valence-corrected chi connectivity index (χ1v) is 7.17. The Kier molecular flexibility index (Phi) is 3.17. The normalized spacial score (nSPS) is 33.2. The molecule has 5 heteroatoms. The predicted octanol–water partition coefficient (Wildman–Crippen LogP) is 1.39. The van der Waals surface area contributed by atoms with Crippen molar-refractivity contribution in [2.75, 3.05) is 0 Å². The molecule has 0 amide bonds. The molecule has 94 valence electrons. The Labute approximate surface area is 106 Å². The molecule has 2 fully saturated rings. The number of nitrogens with zero attached hydrogens (tertiary/aromatic N) is 1. The van der Waals surface area contributed by atoms with E-state index >= 15 is 0 Å². The molecule has 4 unspecified atom stereocenters. The standard InChI is InChI=1S/C12H19N3OS/c1-7-6-17-12(14-7)5-10(15-13)9-4-8-2-3-11(9)16-8/h6,8-11,15H,2-5,13H2,1H3. The minimum Gasteiger partial charge on any atom is -0.375 e. The number of aryl methyl sites for hydroxylation is 1. The van der Waals surface area contributed by atoms with Crippen molar-refractivity contribution in [2.24, 2.45) is 11.8 Å². The molecule has 1 aromatic heterocycles. The van der Waals surface area contributed by atoms with Crippen LogP contribution >= 0.6 is 11.3 Å². The van der Waals surface area contributed by atoms with Crippen LogP contribution in [0.1, 0.15) is 30.0 Å². The quantitative estimate of drug-likeness (QED) is 0.629. The van der Waals surface area contributed by atoms with Gasteiger partial charge in [0.05, 0.1) is 17.2 Å². The Hall–Kier alpha value is -0.490. The van der Waals surface area contributed by atoms with Crippen LogP contribution in [0, 0.1) is 12.8 Å². The van der Waals surface area contributed by atoms with E-state index in [1.165, 1.54) is 17.8 Å². The van der Waals surface area contributed by atoms with Crippen LogP contribution in [0.4, 0.5) is 0 Å². The summed E-state index contributed by atoms with van der Waals surface area (Å²) in [6.45, 7) is 2.03. The van der Waals surface area contributed by atoms with Crippen LogP contribution in [0.5, 0.6) is 0 Å². The van der Waals surface area contributed by atoms with E-state index in [9.17, 15) is 0 Å². The number of hydrazine groups is 1. The second kappa shape index (κ2) is 4.65. The molecule has 3 rings (SSSR count). The summed E-state index contributed by atoms with van der Waals surface area (Å²) in [5.41, 5.74) is 4.08. The molecule has 4 nitrogen and oxygen atoms in total. The number of aromatic nitrogens is 1. The summed E-state index contributed by atoms with van der Waals surface area (Å²) in [5, 5.41) is 3.27. The van der Waals surface area contributed by atoms with E-state index in [-0.39, 0.29) is 0 Å². The largest absolute Gasteiger partial charge is 0.375 e. The first-order valence-electron chi connectivity index (χ1n) is 6.29. The number of nitrogens with two attached hydrogens (primary N) is 1. The molecular weight excluding hydrogens is 234 g/mol. The third kappa shape index (κ3) is 2.25. The Morgan fingerprint density at radius 1 is 1.65 bits per heavy atom. The Balaban J connectivity index is 1.67. The van der Waals surface area contributed by atoms with Crippen LogP contribution in [-0.4, -0.2) is 23.2 Å². The lowest BCUT2D eigenvalue weighted by Crippen LogP contribution is -2.45. The van der Waals surface area contributed by atoms with Gasteiger partial charge in [-0.05, 0) is 26.2 Å². The first-order chi connectivity index (χ1) is 8.26. The van der Waals surface area contributed by atoms with Gasteiger partial charge in [0.15, 0.2) is 0 Å². The molecule has 0 aromatic carbocycles. The van der Waals surface area contributed by atoms with Crippen LogP contribution in [0.15, 0.2) is 5.38 Å². The lowest BCUT2D eigenvalue weighted by Gasteiger charge is -2.27. The van der Waals surface area contributed by atoms with E-state index in [2.05, 4.69) is 15.8 Å². The van der Waals surface area contributed by atoms with Gasteiger partial charge < -0.3 is 4.74 Å². The molecule has 1 aromatic rings. The summed E-state index contributed by atoms with van der Waals surface area (Å²) < 4.78 is 5.90. The summed E-state index contributed by atoms with van der Waals surface area (Å²) in [4.78, 5) is 4.51. The fraction of sp³-hybridized carbons (Fsp3) is 0.750. The highest BCUT2D eigenvalue weighted by Gasteiger charge is 2.44. The topological polar surface area (TPSA) is 60.2 Å². The summed E-state index contributed by atoms with van der Waals surface area (Å²) in [7, 11) is 0. The maximum atomic E-state index is 5.90. The van der Waals surface area contributed by atoms with E-state index in [0.717, 1.165) is 18.5 Å². The Morgan fingerprint density at radius 3 is 3.06 bits per heavy atom. The fourth-order valence-corrected chi connectivity index (χ4v) is 3.95. The number of hydrogen-bond donors (Lipinski definition) is 2. The van der Waals surface area contributed by atoms with E-state index in [4.69, 9.17) is 10.6 Å². The van der Waals surface area contributed by atoms with Crippen LogP contribution in [0.3, 0.4) is 0 Å². The number of fused-ring (bicyclic) bond motifs is 2. The minimum atomic E-state index is 0.302. The highest BCUT2D eigenvalue weighted by atomic mass is 32.1. The zero-order valence-corrected chi connectivity index (χ0v) is 10.9. The second-order valence-electron chi connectivity index (χ2n) is 5.13. The second-order valence-corrected chi connectivity index (χ2v) is 6.08. The molecule has 2 bridgehead atoms. The van der Waals surface area contributed by atoms with Crippen LogP contribution in [-0.2, 0) is 11.2 Å². The maximum absolute atomic E-state index is 5.90. The molecule has 0 radical (unpaired) electrons. The van der Waals surface area contributed by atoms with Gasteiger partial charge in [-0.1, -0.05) is 0 Å². The van der Waals surface area contributed by atoms with Gasteiger partial charge in [-0.3, -0.25) is 11.3 Å². The molecule has 0 saturated carbocycles. The van der Waals surface area contributed by atoms with Crippen molar-refractivity contribution in [1.82, 2.24) is 10.4 Å². The molecule has 2 aliphatic heterocycles. The summed E-state index contributed by atoms with van der Waals surface area (Å²) in [5.74, 6) is 6.27.